The van der Waals surface area contributed by atoms with Crippen LogP contribution in [0.5, 0.6) is 11.5 Å². The summed E-state index contributed by atoms with van der Waals surface area (Å²) in [6, 6.07) is 21.5. The molecule has 3 saturated heterocycles. The van der Waals surface area contributed by atoms with Crippen LogP contribution >= 0.6 is 0 Å². The summed E-state index contributed by atoms with van der Waals surface area (Å²) in [5.41, 5.74) is 9.86. The topological polar surface area (TPSA) is 201 Å². The number of nitrogens with zero attached hydrogens (tertiary/aromatic N) is 8. The van der Waals surface area contributed by atoms with Gasteiger partial charge in [0.2, 0.25) is 17.7 Å². The zero-order chi connectivity index (χ0) is 45.6. The lowest BCUT2D eigenvalue weighted by molar-refractivity contribution is -0.136. The first-order valence-corrected chi connectivity index (χ1v) is 23.3. The summed E-state index contributed by atoms with van der Waals surface area (Å²) in [6.07, 6.45) is 8.94. The Morgan fingerprint density at radius 3 is 2.30 bits per heavy atom. The number of piperidine rings is 2. The number of amides is 5. The molecule has 4 aliphatic heterocycles. The predicted molar refractivity (Wildman–Crippen MR) is 249 cm³/mol. The monoisotopic (exact) mass is 895 g/mol. The number of piperazine rings is 1. The van der Waals surface area contributed by atoms with Gasteiger partial charge in [-0.3, -0.25) is 34.2 Å². The molecule has 344 valence electrons. The van der Waals surface area contributed by atoms with E-state index in [1.165, 1.54) is 6.33 Å². The molecule has 5 aromatic rings. The number of para-hydroxylation sites is 1. The van der Waals surface area contributed by atoms with Gasteiger partial charge in [-0.2, -0.15) is 5.10 Å². The van der Waals surface area contributed by atoms with Crippen LogP contribution < -0.4 is 21.1 Å². The van der Waals surface area contributed by atoms with Gasteiger partial charge in [0.15, 0.2) is 5.65 Å². The molecule has 0 spiro atoms. The number of hydrogen-bond acceptors (Lipinski definition) is 13. The summed E-state index contributed by atoms with van der Waals surface area (Å²) in [7, 11) is 0. The van der Waals surface area contributed by atoms with E-state index >= 15 is 0 Å². The van der Waals surface area contributed by atoms with E-state index in [9.17, 15) is 24.0 Å². The summed E-state index contributed by atoms with van der Waals surface area (Å²) in [6.45, 7) is 7.95. The fourth-order valence-electron chi connectivity index (χ4n) is 9.69. The molecule has 0 radical (unpaired) electrons. The van der Waals surface area contributed by atoms with Crippen molar-refractivity contribution in [1.82, 2.24) is 44.7 Å². The van der Waals surface area contributed by atoms with Gasteiger partial charge >= 0.3 is 0 Å². The van der Waals surface area contributed by atoms with Crippen molar-refractivity contribution in [3.8, 4) is 22.8 Å². The minimum absolute atomic E-state index is 0.0320. The molecule has 2 aromatic heterocycles. The molecular weight excluding hydrogens is 839 g/mol. The Hall–Kier alpha value is -6.72. The van der Waals surface area contributed by atoms with Crippen LogP contribution in [0.3, 0.4) is 0 Å². The first kappa shape index (κ1) is 44.5. The normalized spacial score (nSPS) is 19.3. The van der Waals surface area contributed by atoms with Crippen molar-refractivity contribution in [2.75, 3.05) is 70.0 Å². The Balaban J connectivity index is 0.675. The highest BCUT2D eigenvalue weighted by Crippen LogP contribution is 2.36. The molecule has 9 rings (SSSR count). The summed E-state index contributed by atoms with van der Waals surface area (Å²) < 4.78 is 7.95. The average molecular weight is 896 g/mol. The molecule has 66 heavy (non-hydrogen) atoms. The number of rotatable bonds is 17. The Kier molecular flexibility index (Phi) is 13.6. The number of nitrogens with two attached hydrogens (primary N) is 1. The Morgan fingerprint density at radius 2 is 1.53 bits per heavy atom. The summed E-state index contributed by atoms with van der Waals surface area (Å²) in [4.78, 5) is 81.0. The number of aromatic nitrogens is 4. The summed E-state index contributed by atoms with van der Waals surface area (Å²) in [5, 5.41) is 11.4. The number of carbonyl (C=O) groups is 5. The number of carbonyl (C=O) groups excluding carboxylic acids is 5. The fraction of sp³-hybridized carbons (Fsp3) is 0.429. The van der Waals surface area contributed by atoms with Crippen molar-refractivity contribution in [2.24, 2.45) is 0 Å². The van der Waals surface area contributed by atoms with Crippen molar-refractivity contribution in [2.45, 2.75) is 76.3 Å². The molecule has 6 heterocycles. The largest absolute Gasteiger partial charge is 0.457 e. The first-order chi connectivity index (χ1) is 32.2. The van der Waals surface area contributed by atoms with Gasteiger partial charge in [-0.25, -0.2) is 14.6 Å². The van der Waals surface area contributed by atoms with E-state index in [2.05, 4.69) is 30.4 Å². The molecule has 2 atom stereocenters. The van der Waals surface area contributed by atoms with Gasteiger partial charge in [-0.15, -0.1) is 0 Å². The maximum atomic E-state index is 13.6. The second kappa shape index (κ2) is 20.2. The predicted octanol–water partition coefficient (Wildman–Crippen LogP) is 5.50. The van der Waals surface area contributed by atoms with Crippen LogP contribution in [0.2, 0.25) is 0 Å². The number of ether oxygens (including phenoxy) is 1. The third-order valence-corrected chi connectivity index (χ3v) is 13.2. The molecule has 0 bridgehead atoms. The van der Waals surface area contributed by atoms with Gasteiger partial charge in [0.25, 0.3) is 11.8 Å². The van der Waals surface area contributed by atoms with E-state index in [0.29, 0.717) is 59.1 Å². The molecular formula is C49H57N11O6. The molecule has 17 heteroatoms. The molecule has 5 amide bonds. The van der Waals surface area contributed by atoms with Crippen LogP contribution in [-0.4, -0.2) is 134 Å². The van der Waals surface area contributed by atoms with Crippen molar-refractivity contribution in [3.05, 3.63) is 90.3 Å². The van der Waals surface area contributed by atoms with E-state index in [0.717, 1.165) is 107 Å². The number of anilines is 2. The van der Waals surface area contributed by atoms with E-state index in [-0.39, 0.29) is 30.4 Å². The minimum Gasteiger partial charge on any atom is -0.457 e. The van der Waals surface area contributed by atoms with Gasteiger partial charge in [-0.1, -0.05) is 37.1 Å². The highest BCUT2D eigenvalue weighted by atomic mass is 16.5. The van der Waals surface area contributed by atoms with Crippen LogP contribution in [0, 0.1) is 0 Å². The van der Waals surface area contributed by atoms with Gasteiger partial charge in [0.05, 0.1) is 22.6 Å². The molecule has 3 fully saturated rings. The van der Waals surface area contributed by atoms with Crippen LogP contribution in [-0.2, 0) is 14.4 Å². The van der Waals surface area contributed by atoms with Crippen molar-refractivity contribution in [1.29, 1.82) is 0 Å². The minimum atomic E-state index is -0.981. The quantitative estimate of drug-likeness (QED) is 0.0781. The van der Waals surface area contributed by atoms with Crippen LogP contribution in [0.1, 0.15) is 91.0 Å². The number of unbranched alkanes of at least 4 members (excludes halogenated alkanes) is 3. The van der Waals surface area contributed by atoms with Crippen molar-refractivity contribution >= 4 is 52.1 Å². The van der Waals surface area contributed by atoms with Crippen molar-refractivity contribution < 1.29 is 28.7 Å². The lowest BCUT2D eigenvalue weighted by Crippen LogP contribution is -2.54. The Labute approximate surface area is 383 Å². The lowest BCUT2D eigenvalue weighted by atomic mass is 10.0. The molecule has 0 aliphatic carbocycles. The van der Waals surface area contributed by atoms with Gasteiger partial charge < -0.3 is 30.5 Å². The van der Waals surface area contributed by atoms with Gasteiger partial charge in [0, 0.05) is 69.9 Å². The highest BCUT2D eigenvalue weighted by molar-refractivity contribution is 6.25. The Bertz CT molecular complexity index is 2580. The molecule has 3 aromatic carbocycles. The third-order valence-electron chi connectivity index (χ3n) is 13.2. The number of nitrogen functional groups attached to an aromatic ring is 1. The lowest BCUT2D eigenvalue weighted by Gasteiger charge is -2.35. The number of hydrogen-bond donors (Lipinski definition) is 3. The maximum Gasteiger partial charge on any atom is 0.264 e. The average Bonchev–Trinajstić information content (AvgIpc) is 3.85. The second-order valence-electron chi connectivity index (χ2n) is 17.6. The molecule has 4 aliphatic rings. The zero-order valence-corrected chi connectivity index (χ0v) is 37.2. The highest BCUT2D eigenvalue weighted by Gasteiger charge is 2.45. The van der Waals surface area contributed by atoms with Crippen LogP contribution in [0.25, 0.3) is 22.3 Å². The summed E-state index contributed by atoms with van der Waals surface area (Å²) in [5.74, 6) is 0.0224. The number of fused-ring (bicyclic) bond motifs is 2. The van der Waals surface area contributed by atoms with Gasteiger partial charge in [-0.05, 0) is 100 Å². The molecule has 4 N–H and O–H groups in total. The number of likely N-dealkylation sites (tertiary alicyclic amines) is 1. The third kappa shape index (κ3) is 9.77. The second-order valence-corrected chi connectivity index (χ2v) is 17.6. The van der Waals surface area contributed by atoms with Crippen molar-refractivity contribution in [3.63, 3.8) is 0 Å². The summed E-state index contributed by atoms with van der Waals surface area (Å²) >= 11 is 0. The zero-order valence-electron chi connectivity index (χ0n) is 37.2. The number of nitrogens with one attached hydrogen (secondary N) is 2. The first-order valence-electron chi connectivity index (χ1n) is 23.3. The molecule has 0 saturated carbocycles. The molecule has 17 nitrogen and oxygen atoms in total. The van der Waals surface area contributed by atoms with Gasteiger partial charge in [0.1, 0.15) is 35.4 Å². The van der Waals surface area contributed by atoms with E-state index in [4.69, 9.17) is 15.6 Å². The SMILES string of the molecule is Nc1ncnc2c1c(-c1ccc(Oc3ccccc3)cc1)nn2C1CCCN(C(=O)CCCN2CCN(CCCCCCNc3cccc4c3C(=O)N(C3CCC(=O)NC3=O)C4=O)CC2)C1. The standard InChI is InChI=1S/C49H57N11O6/c50-45-43-44(33-17-19-36(20-18-33)66-35-12-4-3-5-13-35)55-60(46(43)53-32-52-45)34-11-9-26-58(31-34)41(62)16-10-25-57-29-27-56(28-30-57)24-7-2-1-6-23-51-38-15-8-14-37-42(38)49(65)59(48(37)64)39-21-22-40(61)54-47(39)63/h3-5,8,12-15,17-20,32,34,39,51H,1-2,6-7,9-11,16,21-31H2,(H2,50,52,53)(H,54,61,63). The molecule has 2 unspecified atom stereocenters. The van der Waals surface area contributed by atoms with Crippen LogP contribution in [0.15, 0.2) is 79.1 Å². The van der Waals surface area contributed by atoms with E-state index in [1.54, 1.807) is 18.2 Å². The Morgan fingerprint density at radius 1 is 0.788 bits per heavy atom. The van der Waals surface area contributed by atoms with E-state index < -0.39 is 29.7 Å². The fourth-order valence-corrected chi connectivity index (χ4v) is 9.69. The smallest absolute Gasteiger partial charge is 0.264 e. The number of benzene rings is 3. The number of imide groups is 2. The maximum absolute atomic E-state index is 13.6. The van der Waals surface area contributed by atoms with E-state index in [1.807, 2.05) is 64.2 Å². The van der Waals surface area contributed by atoms with Crippen LogP contribution in [0.4, 0.5) is 11.5 Å².